The summed E-state index contributed by atoms with van der Waals surface area (Å²) in [4.78, 5) is 3.41. The summed E-state index contributed by atoms with van der Waals surface area (Å²) in [5, 5.41) is 1.10. The largest absolute Gasteiger partial charge is 0.396 e. The second kappa shape index (κ2) is 4.42. The van der Waals surface area contributed by atoms with Crippen LogP contribution in [0.25, 0.3) is 5.70 Å². The second-order valence-corrected chi connectivity index (χ2v) is 5.24. The lowest BCUT2D eigenvalue weighted by Crippen LogP contribution is -2.14. The van der Waals surface area contributed by atoms with Gasteiger partial charge in [-0.2, -0.15) is 0 Å². The van der Waals surface area contributed by atoms with Gasteiger partial charge < -0.3 is 10.6 Å². The number of hydrogen-bond acceptors (Lipinski definition) is 3. The van der Waals surface area contributed by atoms with E-state index in [4.69, 9.17) is 5.73 Å². The van der Waals surface area contributed by atoms with Crippen molar-refractivity contribution < 1.29 is 0 Å². The zero-order valence-electron chi connectivity index (χ0n) is 10.1. The minimum absolute atomic E-state index is 0.833. The monoisotopic (exact) mass is 254 g/mol. The lowest BCUT2D eigenvalue weighted by molar-refractivity contribution is 1.17. The van der Waals surface area contributed by atoms with Crippen LogP contribution in [-0.4, -0.2) is 7.05 Å². The zero-order chi connectivity index (χ0) is 12.5. The molecule has 0 aromatic heterocycles. The van der Waals surface area contributed by atoms with Crippen LogP contribution in [0.2, 0.25) is 0 Å². The first-order valence-corrected chi connectivity index (χ1v) is 6.65. The molecule has 2 aromatic carbocycles. The van der Waals surface area contributed by atoms with Crippen LogP contribution in [0.15, 0.2) is 64.5 Å². The molecule has 2 N–H and O–H groups in total. The summed E-state index contributed by atoms with van der Waals surface area (Å²) >= 11 is 1.73. The average molecular weight is 254 g/mol. The van der Waals surface area contributed by atoms with Gasteiger partial charge >= 0.3 is 0 Å². The van der Waals surface area contributed by atoms with Gasteiger partial charge in [-0.15, -0.1) is 0 Å². The standard InChI is InChI=1S/C15H14N2S/c1-17-12-9-5-6-10-13(12)18-15(17)14(16)11-7-3-2-4-8-11/h2-10H,16H2,1H3. The molecule has 0 unspecified atom stereocenters. The summed E-state index contributed by atoms with van der Waals surface area (Å²) in [7, 11) is 2.06. The molecule has 0 saturated heterocycles. The molecule has 3 rings (SSSR count). The van der Waals surface area contributed by atoms with E-state index in [1.54, 1.807) is 11.8 Å². The highest BCUT2D eigenvalue weighted by Crippen LogP contribution is 2.46. The highest BCUT2D eigenvalue weighted by Gasteiger charge is 2.24. The van der Waals surface area contributed by atoms with Crippen molar-refractivity contribution in [2.75, 3.05) is 11.9 Å². The third kappa shape index (κ3) is 1.77. The molecule has 0 amide bonds. The van der Waals surface area contributed by atoms with Gasteiger partial charge in [-0.1, -0.05) is 54.2 Å². The fourth-order valence-corrected chi connectivity index (χ4v) is 3.21. The van der Waals surface area contributed by atoms with Crippen molar-refractivity contribution in [2.45, 2.75) is 4.90 Å². The highest BCUT2D eigenvalue weighted by atomic mass is 32.2. The van der Waals surface area contributed by atoms with E-state index in [-0.39, 0.29) is 0 Å². The van der Waals surface area contributed by atoms with Gasteiger partial charge in [0.25, 0.3) is 0 Å². The molecule has 1 aliphatic rings. The minimum Gasteiger partial charge on any atom is -0.396 e. The number of hydrogen-bond donors (Lipinski definition) is 1. The maximum atomic E-state index is 6.29. The Bertz CT molecular complexity index is 605. The first-order chi connectivity index (χ1) is 8.77. The first-order valence-electron chi connectivity index (χ1n) is 5.83. The molecule has 3 heteroatoms. The molecule has 0 saturated carbocycles. The number of benzene rings is 2. The summed E-state index contributed by atoms with van der Waals surface area (Å²) in [6.45, 7) is 0. The van der Waals surface area contributed by atoms with Crippen molar-refractivity contribution in [3.05, 3.63) is 65.2 Å². The van der Waals surface area contributed by atoms with E-state index in [9.17, 15) is 0 Å². The minimum atomic E-state index is 0.833. The predicted octanol–water partition coefficient (Wildman–Crippen LogP) is 3.51. The summed E-state index contributed by atoms with van der Waals surface area (Å²) in [5.41, 5.74) is 9.41. The molecular formula is C15H14N2S. The fraction of sp³-hybridized carbons (Fsp3) is 0.0667. The molecular weight excluding hydrogens is 240 g/mol. The van der Waals surface area contributed by atoms with Crippen LogP contribution < -0.4 is 10.6 Å². The average Bonchev–Trinajstić information content (AvgIpc) is 2.77. The Morgan fingerprint density at radius 2 is 1.67 bits per heavy atom. The summed E-state index contributed by atoms with van der Waals surface area (Å²) in [6, 6.07) is 18.5. The Kier molecular flexibility index (Phi) is 2.76. The number of rotatable bonds is 1. The van der Waals surface area contributed by atoms with E-state index < -0.39 is 0 Å². The Morgan fingerprint density at radius 3 is 2.39 bits per heavy atom. The van der Waals surface area contributed by atoms with Gasteiger partial charge in [0, 0.05) is 17.5 Å². The lowest BCUT2D eigenvalue weighted by Gasteiger charge is -2.16. The maximum Gasteiger partial charge on any atom is 0.104 e. The molecule has 0 radical (unpaired) electrons. The third-order valence-corrected chi connectivity index (χ3v) is 4.31. The molecule has 18 heavy (non-hydrogen) atoms. The van der Waals surface area contributed by atoms with Gasteiger partial charge in [0.15, 0.2) is 0 Å². The topological polar surface area (TPSA) is 29.3 Å². The lowest BCUT2D eigenvalue weighted by atomic mass is 10.2. The first kappa shape index (κ1) is 11.2. The van der Waals surface area contributed by atoms with Crippen LogP contribution in [0.5, 0.6) is 0 Å². The van der Waals surface area contributed by atoms with E-state index in [2.05, 4.69) is 36.2 Å². The number of thioether (sulfide) groups is 1. The Morgan fingerprint density at radius 1 is 1.00 bits per heavy atom. The SMILES string of the molecule is CN1C(=C(N)c2ccccc2)Sc2ccccc21. The van der Waals surface area contributed by atoms with Crippen LogP contribution in [0.3, 0.4) is 0 Å². The molecule has 1 aliphatic heterocycles. The molecule has 1 heterocycles. The molecule has 0 atom stereocenters. The van der Waals surface area contributed by atoms with Gasteiger partial charge in [0.1, 0.15) is 5.03 Å². The number of nitrogens with zero attached hydrogens (tertiary/aromatic N) is 1. The van der Waals surface area contributed by atoms with Crippen LogP contribution in [0.1, 0.15) is 5.56 Å². The van der Waals surface area contributed by atoms with Crippen molar-refractivity contribution in [2.24, 2.45) is 5.73 Å². The van der Waals surface area contributed by atoms with Gasteiger partial charge in [-0.3, -0.25) is 0 Å². The quantitative estimate of drug-likeness (QED) is 0.844. The predicted molar refractivity (Wildman–Crippen MR) is 78.3 cm³/mol. The van der Waals surface area contributed by atoms with Crippen LogP contribution in [-0.2, 0) is 0 Å². The second-order valence-electron chi connectivity index (χ2n) is 4.21. The number of anilines is 1. The van der Waals surface area contributed by atoms with Crippen LogP contribution in [0, 0.1) is 0 Å². The van der Waals surface area contributed by atoms with Crippen LogP contribution >= 0.6 is 11.8 Å². The fourth-order valence-electron chi connectivity index (χ4n) is 2.08. The molecule has 2 aromatic rings. The van der Waals surface area contributed by atoms with E-state index >= 15 is 0 Å². The van der Waals surface area contributed by atoms with Gasteiger partial charge in [-0.05, 0) is 12.1 Å². The number of para-hydroxylation sites is 1. The Labute approximate surface area is 111 Å². The zero-order valence-corrected chi connectivity index (χ0v) is 10.9. The maximum absolute atomic E-state index is 6.29. The van der Waals surface area contributed by atoms with Crippen molar-refractivity contribution in [3.8, 4) is 0 Å². The van der Waals surface area contributed by atoms with E-state index in [0.717, 1.165) is 16.3 Å². The Balaban J connectivity index is 2.06. The van der Waals surface area contributed by atoms with Gasteiger partial charge in [0.2, 0.25) is 0 Å². The van der Waals surface area contributed by atoms with E-state index in [0.29, 0.717) is 0 Å². The number of fused-ring (bicyclic) bond motifs is 1. The highest BCUT2D eigenvalue weighted by molar-refractivity contribution is 8.04. The van der Waals surface area contributed by atoms with Crippen molar-refractivity contribution in [1.29, 1.82) is 0 Å². The van der Waals surface area contributed by atoms with Gasteiger partial charge in [0.05, 0.1) is 11.4 Å². The normalized spacial score (nSPS) is 16.6. The van der Waals surface area contributed by atoms with E-state index in [1.165, 1.54) is 10.6 Å². The third-order valence-electron chi connectivity index (χ3n) is 3.05. The summed E-state index contributed by atoms with van der Waals surface area (Å²) in [6.07, 6.45) is 0. The Hall–Kier alpha value is -1.87. The van der Waals surface area contributed by atoms with E-state index in [1.807, 2.05) is 30.3 Å². The molecule has 0 aliphatic carbocycles. The van der Waals surface area contributed by atoms with Crippen molar-refractivity contribution in [3.63, 3.8) is 0 Å². The summed E-state index contributed by atoms with van der Waals surface area (Å²) < 4.78 is 0. The van der Waals surface area contributed by atoms with Crippen molar-refractivity contribution >= 4 is 23.1 Å². The van der Waals surface area contributed by atoms with Gasteiger partial charge in [-0.25, -0.2) is 0 Å². The van der Waals surface area contributed by atoms with Crippen LogP contribution in [0.4, 0.5) is 5.69 Å². The number of nitrogens with two attached hydrogens (primary N) is 1. The summed E-state index contributed by atoms with van der Waals surface area (Å²) in [5.74, 6) is 0. The molecule has 0 bridgehead atoms. The smallest absolute Gasteiger partial charge is 0.104 e. The molecule has 0 spiro atoms. The van der Waals surface area contributed by atoms with Crippen molar-refractivity contribution in [1.82, 2.24) is 0 Å². The molecule has 90 valence electrons. The molecule has 0 fully saturated rings. The molecule has 2 nitrogen and oxygen atoms in total.